The Labute approximate surface area is 181 Å². The molecule has 0 unspecified atom stereocenters. The molecule has 0 aliphatic rings. The number of nitrogens with two attached hydrogens (primary N) is 2. The van der Waals surface area contributed by atoms with Gasteiger partial charge in [-0.05, 0) is 48.0 Å². The van der Waals surface area contributed by atoms with Gasteiger partial charge in [-0.2, -0.15) is 0 Å². The minimum atomic E-state index is -0.589. The molecule has 0 atom stereocenters. The average Bonchev–Trinajstić information content (AvgIpc) is 2.74. The molecule has 0 spiro atoms. The zero-order valence-corrected chi connectivity index (χ0v) is 17.5. The van der Waals surface area contributed by atoms with Crippen molar-refractivity contribution in [1.82, 2.24) is 0 Å². The summed E-state index contributed by atoms with van der Waals surface area (Å²) >= 11 is 0. The van der Waals surface area contributed by atoms with Crippen LogP contribution >= 0.6 is 0 Å². The number of nitrogen functional groups attached to an aromatic ring is 1. The van der Waals surface area contributed by atoms with E-state index in [2.05, 4.69) is 5.32 Å². The lowest BCUT2D eigenvalue weighted by Crippen LogP contribution is -2.16. The lowest BCUT2D eigenvalue weighted by atomic mass is 9.98. The molecule has 0 bridgehead atoms. The number of hydrogen-bond donors (Lipinski definition) is 4. The van der Waals surface area contributed by atoms with Gasteiger partial charge < -0.3 is 21.7 Å². The van der Waals surface area contributed by atoms with Gasteiger partial charge in [0.25, 0.3) is 0 Å². The highest BCUT2D eigenvalue weighted by atomic mass is 16.1. The van der Waals surface area contributed by atoms with Crippen LogP contribution in [0.5, 0.6) is 0 Å². The van der Waals surface area contributed by atoms with Gasteiger partial charge in [0.05, 0.1) is 12.1 Å². The molecule has 0 aliphatic carbocycles. The largest absolute Gasteiger partial charge is 0.398 e. The molecule has 3 aromatic rings. The van der Waals surface area contributed by atoms with E-state index >= 15 is 0 Å². The van der Waals surface area contributed by atoms with Crippen LogP contribution < -0.4 is 21.7 Å². The molecule has 0 saturated heterocycles. The molecule has 3 aromatic carbocycles. The van der Waals surface area contributed by atoms with Gasteiger partial charge in [-0.25, -0.2) is 0 Å². The third kappa shape index (κ3) is 5.27. The molecule has 7 nitrogen and oxygen atoms in total. The Kier molecular flexibility index (Phi) is 6.35. The van der Waals surface area contributed by atoms with Crippen molar-refractivity contribution in [2.24, 2.45) is 5.73 Å². The van der Waals surface area contributed by atoms with Gasteiger partial charge >= 0.3 is 0 Å². The monoisotopic (exact) mass is 415 g/mol. The number of anilines is 3. The minimum Gasteiger partial charge on any atom is -0.398 e. The Hall–Kier alpha value is -4.13. The molecule has 2 amide bonds. The number of benzene rings is 3. The number of hydrogen-bond acceptors (Lipinski definition) is 5. The van der Waals surface area contributed by atoms with Crippen molar-refractivity contribution in [3.05, 3.63) is 89.0 Å². The second kappa shape index (κ2) is 9.13. The summed E-state index contributed by atoms with van der Waals surface area (Å²) in [7, 11) is 3.92. The summed E-state index contributed by atoms with van der Waals surface area (Å²) in [6.07, 6.45) is 0.239. The minimum absolute atomic E-state index is 0.135. The molecule has 31 heavy (non-hydrogen) atoms. The van der Waals surface area contributed by atoms with Crippen LogP contribution in [0.4, 0.5) is 17.1 Å². The van der Waals surface area contributed by atoms with Crippen LogP contribution in [0.2, 0.25) is 0 Å². The maximum Gasteiger partial charge on any atom is 0.248 e. The number of primary amides is 1. The van der Waals surface area contributed by atoms with E-state index in [1.165, 1.54) is 12.1 Å². The van der Waals surface area contributed by atoms with Crippen molar-refractivity contribution in [2.45, 2.75) is 6.42 Å². The first kappa shape index (κ1) is 21.6. The van der Waals surface area contributed by atoms with Crippen molar-refractivity contribution >= 4 is 34.6 Å². The Morgan fingerprint density at radius 2 is 1.68 bits per heavy atom. The number of carbonyl (C=O) groups excluding carboxylic acids is 2. The maximum atomic E-state index is 12.5. The molecule has 0 heterocycles. The molecule has 0 fully saturated rings. The van der Waals surface area contributed by atoms with Crippen LogP contribution in [0.1, 0.15) is 27.0 Å². The van der Waals surface area contributed by atoms with Crippen LogP contribution in [-0.4, -0.2) is 31.6 Å². The summed E-state index contributed by atoms with van der Waals surface area (Å²) in [5.74, 6) is -0.745. The highest BCUT2D eigenvalue weighted by Crippen LogP contribution is 2.21. The Balaban J connectivity index is 1.74. The van der Waals surface area contributed by atoms with E-state index in [1.54, 1.807) is 30.3 Å². The van der Waals surface area contributed by atoms with Crippen molar-refractivity contribution in [3.8, 4) is 0 Å². The fourth-order valence-electron chi connectivity index (χ4n) is 3.14. The number of rotatable bonds is 7. The van der Waals surface area contributed by atoms with Crippen LogP contribution in [0.3, 0.4) is 0 Å². The molecule has 158 valence electrons. The van der Waals surface area contributed by atoms with Crippen molar-refractivity contribution in [2.75, 3.05) is 30.0 Å². The Morgan fingerprint density at radius 3 is 2.32 bits per heavy atom. The predicted octanol–water partition coefficient (Wildman–Crippen LogP) is 3.03. The van der Waals surface area contributed by atoms with Gasteiger partial charge in [-0.3, -0.25) is 15.0 Å². The Bertz CT molecular complexity index is 1140. The summed E-state index contributed by atoms with van der Waals surface area (Å²) in [4.78, 5) is 25.9. The van der Waals surface area contributed by atoms with Crippen molar-refractivity contribution in [1.29, 1.82) is 5.41 Å². The zero-order chi connectivity index (χ0) is 22.5. The fraction of sp³-hybridized carbons (Fsp3) is 0.125. The standard InChI is InChI=1S/C24H25N5O2/c1-29(2)19-9-6-15(7-10-19)12-22(30)28-18-5-3-4-16(13-18)23(26)20-14-17(24(27)31)8-11-21(20)25/h3-11,13-14,26H,12,25H2,1-2H3,(H2,27,31)(H,28,30). The van der Waals surface area contributed by atoms with Crippen LogP contribution in [0.25, 0.3) is 0 Å². The highest BCUT2D eigenvalue weighted by Gasteiger charge is 2.13. The van der Waals surface area contributed by atoms with E-state index in [1.807, 2.05) is 43.3 Å². The van der Waals surface area contributed by atoms with Crippen LogP contribution in [0, 0.1) is 5.41 Å². The summed E-state index contributed by atoms with van der Waals surface area (Å²) in [6, 6.07) is 19.3. The normalized spacial score (nSPS) is 10.4. The van der Waals surface area contributed by atoms with E-state index in [9.17, 15) is 9.59 Å². The molecule has 0 radical (unpaired) electrons. The fourth-order valence-corrected chi connectivity index (χ4v) is 3.14. The molecule has 0 aliphatic heterocycles. The number of nitrogens with one attached hydrogen (secondary N) is 2. The lowest BCUT2D eigenvalue weighted by molar-refractivity contribution is -0.115. The van der Waals surface area contributed by atoms with Gasteiger partial charge in [0.15, 0.2) is 0 Å². The summed E-state index contributed by atoms with van der Waals surface area (Å²) in [5.41, 5.74) is 15.6. The summed E-state index contributed by atoms with van der Waals surface area (Å²) in [6.45, 7) is 0. The lowest BCUT2D eigenvalue weighted by Gasteiger charge is -2.13. The second-order valence-corrected chi connectivity index (χ2v) is 7.41. The van der Waals surface area contributed by atoms with E-state index in [4.69, 9.17) is 16.9 Å². The van der Waals surface area contributed by atoms with E-state index in [-0.39, 0.29) is 23.6 Å². The third-order valence-electron chi connectivity index (χ3n) is 4.86. The number of amides is 2. The van der Waals surface area contributed by atoms with Crippen LogP contribution in [-0.2, 0) is 11.2 Å². The molecule has 0 saturated carbocycles. The second-order valence-electron chi connectivity index (χ2n) is 7.41. The molecule has 3 rings (SSSR count). The first-order valence-corrected chi connectivity index (χ1v) is 9.69. The molecular weight excluding hydrogens is 390 g/mol. The predicted molar refractivity (Wildman–Crippen MR) is 125 cm³/mol. The first-order chi connectivity index (χ1) is 14.7. The van der Waals surface area contributed by atoms with E-state index in [0.717, 1.165) is 11.3 Å². The quantitative estimate of drug-likeness (QED) is 0.349. The number of carbonyl (C=O) groups is 2. The van der Waals surface area contributed by atoms with Gasteiger partial charge in [-0.1, -0.05) is 24.3 Å². The van der Waals surface area contributed by atoms with Gasteiger partial charge in [0.2, 0.25) is 11.8 Å². The SMILES string of the molecule is CN(C)c1ccc(CC(=O)Nc2cccc(C(=N)c3cc(C(N)=O)ccc3N)c2)cc1. The van der Waals surface area contributed by atoms with Gasteiger partial charge in [-0.15, -0.1) is 0 Å². The molecule has 6 N–H and O–H groups in total. The van der Waals surface area contributed by atoms with Crippen LogP contribution in [0.15, 0.2) is 66.7 Å². The molecular formula is C24H25N5O2. The van der Waals surface area contributed by atoms with Gasteiger partial charge in [0, 0.05) is 47.8 Å². The molecule has 0 aromatic heterocycles. The average molecular weight is 415 g/mol. The summed E-state index contributed by atoms with van der Waals surface area (Å²) < 4.78 is 0. The maximum absolute atomic E-state index is 12.5. The summed E-state index contributed by atoms with van der Waals surface area (Å²) in [5, 5.41) is 11.4. The van der Waals surface area contributed by atoms with Gasteiger partial charge in [0.1, 0.15) is 0 Å². The smallest absolute Gasteiger partial charge is 0.248 e. The van der Waals surface area contributed by atoms with Crippen molar-refractivity contribution in [3.63, 3.8) is 0 Å². The van der Waals surface area contributed by atoms with E-state index < -0.39 is 5.91 Å². The number of nitrogens with zero attached hydrogens (tertiary/aromatic N) is 1. The molecule has 7 heteroatoms. The first-order valence-electron chi connectivity index (χ1n) is 9.69. The van der Waals surface area contributed by atoms with E-state index in [0.29, 0.717) is 22.5 Å². The van der Waals surface area contributed by atoms with Crippen molar-refractivity contribution < 1.29 is 9.59 Å². The zero-order valence-electron chi connectivity index (χ0n) is 17.5. The third-order valence-corrected chi connectivity index (χ3v) is 4.86. The highest BCUT2D eigenvalue weighted by molar-refractivity contribution is 6.15. The Morgan fingerprint density at radius 1 is 0.968 bits per heavy atom. The topological polar surface area (TPSA) is 125 Å².